The third-order valence-corrected chi connectivity index (χ3v) is 4.04. The molecule has 0 aliphatic carbocycles. The highest BCUT2D eigenvalue weighted by atomic mass is 32.2. The number of hydrogen-bond acceptors (Lipinski definition) is 3. The molecular formula is C7H15FO3S. The van der Waals surface area contributed by atoms with Crippen LogP contribution in [-0.2, 0) is 14.6 Å². The van der Waals surface area contributed by atoms with Crippen molar-refractivity contribution in [1.82, 2.24) is 0 Å². The molecule has 0 aromatic carbocycles. The van der Waals surface area contributed by atoms with Crippen LogP contribution in [0.5, 0.6) is 0 Å². The summed E-state index contributed by atoms with van der Waals surface area (Å²) in [6.07, 6.45) is -0.111. The Bertz CT molecular complexity index is 221. The van der Waals surface area contributed by atoms with Gasteiger partial charge in [-0.3, -0.25) is 0 Å². The molecule has 0 N–H and O–H groups in total. The number of ether oxygens (including phenoxy) is 1. The van der Waals surface area contributed by atoms with E-state index in [9.17, 15) is 12.8 Å². The van der Waals surface area contributed by atoms with E-state index in [1.54, 1.807) is 0 Å². The maximum absolute atomic E-state index is 13.4. The Kier molecular flexibility index (Phi) is 4.13. The third kappa shape index (κ3) is 2.71. The summed E-state index contributed by atoms with van der Waals surface area (Å²) in [5.41, 5.74) is 0. The first kappa shape index (κ1) is 11.8. The van der Waals surface area contributed by atoms with Gasteiger partial charge < -0.3 is 4.74 Å². The van der Waals surface area contributed by atoms with E-state index in [-0.39, 0.29) is 18.8 Å². The molecule has 1 unspecified atom stereocenters. The maximum atomic E-state index is 13.4. The van der Waals surface area contributed by atoms with Crippen molar-refractivity contribution in [2.45, 2.75) is 25.3 Å². The second-order valence-electron chi connectivity index (χ2n) is 2.75. The Morgan fingerprint density at radius 2 is 2.00 bits per heavy atom. The van der Waals surface area contributed by atoms with Gasteiger partial charge in [0, 0.05) is 13.5 Å². The highest BCUT2D eigenvalue weighted by Crippen LogP contribution is 2.23. The lowest BCUT2D eigenvalue weighted by Crippen LogP contribution is -2.33. The van der Waals surface area contributed by atoms with Crippen LogP contribution in [-0.4, -0.2) is 32.9 Å². The molecular weight excluding hydrogens is 183 g/mol. The smallest absolute Gasteiger partial charge is 0.210 e. The van der Waals surface area contributed by atoms with Crippen molar-refractivity contribution in [3.63, 3.8) is 0 Å². The zero-order chi connectivity index (χ0) is 9.83. The van der Waals surface area contributed by atoms with Gasteiger partial charge in [0.25, 0.3) is 0 Å². The molecule has 0 aromatic heterocycles. The van der Waals surface area contributed by atoms with Crippen LogP contribution in [0.4, 0.5) is 4.39 Å². The lowest BCUT2D eigenvalue weighted by molar-refractivity contribution is 0.150. The van der Waals surface area contributed by atoms with Crippen LogP contribution >= 0.6 is 0 Å². The highest BCUT2D eigenvalue weighted by molar-refractivity contribution is 7.92. The first-order chi connectivity index (χ1) is 5.37. The first-order valence-corrected chi connectivity index (χ1v) is 5.42. The lowest BCUT2D eigenvalue weighted by atomic mass is 10.3. The summed E-state index contributed by atoms with van der Waals surface area (Å²) >= 11 is 0. The summed E-state index contributed by atoms with van der Waals surface area (Å²) < 4.78 is 40.2. The summed E-state index contributed by atoms with van der Waals surface area (Å²) in [7, 11) is -2.21. The molecule has 74 valence electrons. The van der Waals surface area contributed by atoms with Gasteiger partial charge in [-0.2, -0.15) is 0 Å². The van der Waals surface area contributed by atoms with Crippen LogP contribution in [0.25, 0.3) is 0 Å². The standard InChI is InChI=1S/C7H15FO3S/c1-4-12(9,10)7(2,8)5-6-11-3/h4-6H2,1-3H3. The van der Waals surface area contributed by atoms with Gasteiger partial charge in [-0.15, -0.1) is 0 Å². The van der Waals surface area contributed by atoms with E-state index < -0.39 is 14.8 Å². The number of methoxy groups -OCH3 is 1. The summed E-state index contributed by atoms with van der Waals surface area (Å²) in [5.74, 6) is -0.177. The van der Waals surface area contributed by atoms with Crippen molar-refractivity contribution in [2.75, 3.05) is 19.5 Å². The SMILES string of the molecule is CCS(=O)(=O)C(C)(F)CCOC. The molecule has 0 saturated heterocycles. The van der Waals surface area contributed by atoms with Gasteiger partial charge in [-0.1, -0.05) is 6.92 Å². The van der Waals surface area contributed by atoms with Crippen LogP contribution in [0.2, 0.25) is 0 Å². The van der Waals surface area contributed by atoms with Crippen molar-refractivity contribution in [1.29, 1.82) is 0 Å². The van der Waals surface area contributed by atoms with Crippen molar-refractivity contribution in [2.24, 2.45) is 0 Å². The Morgan fingerprint density at radius 1 is 1.50 bits per heavy atom. The van der Waals surface area contributed by atoms with Gasteiger partial charge >= 0.3 is 0 Å². The van der Waals surface area contributed by atoms with Gasteiger partial charge in [-0.05, 0) is 6.92 Å². The predicted molar refractivity (Wildman–Crippen MR) is 45.5 cm³/mol. The van der Waals surface area contributed by atoms with Crippen molar-refractivity contribution >= 4 is 9.84 Å². The quantitative estimate of drug-likeness (QED) is 0.665. The number of halogens is 1. The fourth-order valence-electron chi connectivity index (χ4n) is 0.741. The number of hydrogen-bond donors (Lipinski definition) is 0. The molecule has 12 heavy (non-hydrogen) atoms. The Labute approximate surface area is 72.8 Å². The molecule has 1 atom stereocenters. The van der Waals surface area contributed by atoms with E-state index in [4.69, 9.17) is 0 Å². The van der Waals surface area contributed by atoms with E-state index in [1.807, 2.05) is 0 Å². The average Bonchev–Trinajstić information content (AvgIpc) is 2.00. The largest absolute Gasteiger partial charge is 0.385 e. The van der Waals surface area contributed by atoms with Gasteiger partial charge in [0.2, 0.25) is 5.00 Å². The summed E-state index contributed by atoms with van der Waals surface area (Å²) in [6.45, 7) is 2.62. The Hall–Kier alpha value is -0.160. The third-order valence-electron chi connectivity index (χ3n) is 1.78. The minimum absolute atomic E-state index is 0.111. The predicted octanol–water partition coefficient (Wildman–Crippen LogP) is 1.14. The van der Waals surface area contributed by atoms with Crippen molar-refractivity contribution in [3.8, 4) is 0 Å². The lowest BCUT2D eigenvalue weighted by Gasteiger charge is -2.18. The minimum Gasteiger partial charge on any atom is -0.385 e. The highest BCUT2D eigenvalue weighted by Gasteiger charge is 2.37. The Morgan fingerprint density at radius 3 is 2.33 bits per heavy atom. The van der Waals surface area contributed by atoms with E-state index in [1.165, 1.54) is 14.0 Å². The summed E-state index contributed by atoms with van der Waals surface area (Å²) in [5, 5.41) is -2.15. The van der Waals surface area contributed by atoms with Crippen LogP contribution in [0.1, 0.15) is 20.3 Å². The topological polar surface area (TPSA) is 43.4 Å². The monoisotopic (exact) mass is 198 g/mol. The van der Waals surface area contributed by atoms with Gasteiger partial charge in [0.15, 0.2) is 9.84 Å². The molecule has 0 amide bonds. The summed E-state index contributed by atoms with van der Waals surface area (Å²) in [4.78, 5) is 0. The van der Waals surface area contributed by atoms with E-state index in [0.29, 0.717) is 0 Å². The zero-order valence-corrected chi connectivity index (χ0v) is 8.45. The molecule has 0 bridgehead atoms. The van der Waals surface area contributed by atoms with E-state index in [0.717, 1.165) is 6.92 Å². The molecule has 0 spiro atoms. The second kappa shape index (κ2) is 4.18. The molecule has 0 heterocycles. The second-order valence-corrected chi connectivity index (χ2v) is 5.41. The fraction of sp³-hybridized carbons (Fsp3) is 1.00. The molecule has 5 heteroatoms. The first-order valence-electron chi connectivity index (χ1n) is 3.77. The normalized spacial score (nSPS) is 17.3. The molecule has 0 rings (SSSR count). The molecule has 0 radical (unpaired) electrons. The van der Waals surface area contributed by atoms with E-state index >= 15 is 0 Å². The minimum atomic E-state index is -3.62. The van der Waals surface area contributed by atoms with Gasteiger partial charge in [0.05, 0.1) is 12.4 Å². The number of sulfone groups is 1. The molecule has 0 saturated carbocycles. The van der Waals surface area contributed by atoms with Crippen molar-refractivity contribution in [3.05, 3.63) is 0 Å². The molecule has 0 aliphatic rings. The number of alkyl halides is 1. The van der Waals surface area contributed by atoms with Crippen molar-refractivity contribution < 1.29 is 17.5 Å². The zero-order valence-electron chi connectivity index (χ0n) is 7.63. The Balaban J connectivity index is 4.39. The molecule has 0 fully saturated rings. The summed E-state index contributed by atoms with van der Waals surface area (Å²) in [6, 6.07) is 0. The van der Waals surface area contributed by atoms with Crippen LogP contribution in [0.3, 0.4) is 0 Å². The average molecular weight is 198 g/mol. The molecule has 0 aromatic rings. The molecule has 3 nitrogen and oxygen atoms in total. The van der Waals surface area contributed by atoms with Gasteiger partial charge in [-0.25, -0.2) is 12.8 Å². The maximum Gasteiger partial charge on any atom is 0.210 e. The van der Waals surface area contributed by atoms with E-state index in [2.05, 4.69) is 4.74 Å². The fourth-order valence-corrected chi connectivity index (χ4v) is 1.74. The van der Waals surface area contributed by atoms with Gasteiger partial charge in [0.1, 0.15) is 0 Å². The number of rotatable bonds is 5. The molecule has 0 aliphatic heterocycles. The van der Waals surface area contributed by atoms with Crippen LogP contribution in [0.15, 0.2) is 0 Å². The van der Waals surface area contributed by atoms with Crippen LogP contribution < -0.4 is 0 Å². The van der Waals surface area contributed by atoms with Crippen LogP contribution in [0, 0.1) is 0 Å².